The van der Waals surface area contributed by atoms with E-state index in [9.17, 15) is 14.4 Å². The number of urea groups is 1. The maximum atomic E-state index is 13.1. The number of carbonyl (C=O) groups excluding carboxylic acids is 2. The Hall–Kier alpha value is -2.75. The van der Waals surface area contributed by atoms with E-state index in [1.807, 2.05) is 25.3 Å². The molecule has 1 fully saturated rings. The van der Waals surface area contributed by atoms with Crippen molar-refractivity contribution < 1.29 is 9.59 Å². The van der Waals surface area contributed by atoms with Crippen molar-refractivity contribution in [2.75, 3.05) is 0 Å². The molecule has 10 heteroatoms. The van der Waals surface area contributed by atoms with Crippen molar-refractivity contribution in [1.82, 2.24) is 29.4 Å². The number of carbonyl (C=O) groups is 2. The summed E-state index contributed by atoms with van der Waals surface area (Å²) >= 11 is 1.34. The molecule has 0 atom stereocenters. The third kappa shape index (κ3) is 2.55. The Bertz CT molecular complexity index is 1140. The number of thiophene rings is 1. The number of rotatable bonds is 6. The molecule has 1 saturated heterocycles. The Morgan fingerprint density at radius 1 is 1.14 bits per heavy atom. The lowest BCUT2D eigenvalue weighted by Gasteiger charge is -2.25. The Morgan fingerprint density at radius 2 is 1.86 bits per heavy atom. The summed E-state index contributed by atoms with van der Waals surface area (Å²) in [5.74, 6) is 0.608. The van der Waals surface area contributed by atoms with Gasteiger partial charge in [-0.1, -0.05) is 26.7 Å². The molecule has 0 spiro atoms. The zero-order chi connectivity index (χ0) is 20.1. The summed E-state index contributed by atoms with van der Waals surface area (Å²) in [5, 5.41) is 13.0. The van der Waals surface area contributed by atoms with Crippen LogP contribution in [0.25, 0.3) is 16.0 Å². The molecule has 0 bridgehead atoms. The van der Waals surface area contributed by atoms with Crippen LogP contribution in [0.15, 0.2) is 16.2 Å². The Labute approximate surface area is 165 Å². The van der Waals surface area contributed by atoms with Crippen molar-refractivity contribution in [2.45, 2.75) is 51.6 Å². The smallest absolute Gasteiger partial charge is 0.323 e. The number of fused-ring (bicyclic) bond motifs is 3. The van der Waals surface area contributed by atoms with Crippen LogP contribution in [0, 0.1) is 0 Å². The van der Waals surface area contributed by atoms with Gasteiger partial charge in [-0.05, 0) is 24.3 Å². The maximum Gasteiger partial charge on any atom is 0.325 e. The number of hydrogen-bond acceptors (Lipinski definition) is 6. The third-order valence-corrected chi connectivity index (χ3v) is 6.19. The van der Waals surface area contributed by atoms with Crippen molar-refractivity contribution in [3.8, 4) is 0 Å². The lowest BCUT2D eigenvalue weighted by Crippen LogP contribution is -2.46. The molecule has 0 unspecified atom stereocenters. The van der Waals surface area contributed by atoms with E-state index in [2.05, 4.69) is 15.5 Å². The summed E-state index contributed by atoms with van der Waals surface area (Å²) in [6, 6.07) is 1.42. The van der Waals surface area contributed by atoms with Crippen molar-refractivity contribution in [2.24, 2.45) is 7.05 Å². The van der Waals surface area contributed by atoms with E-state index >= 15 is 0 Å². The minimum Gasteiger partial charge on any atom is -0.323 e. The van der Waals surface area contributed by atoms with Crippen LogP contribution in [0.4, 0.5) is 4.79 Å². The van der Waals surface area contributed by atoms with Gasteiger partial charge in [0.2, 0.25) is 5.78 Å². The van der Waals surface area contributed by atoms with E-state index in [-0.39, 0.29) is 18.0 Å². The van der Waals surface area contributed by atoms with Gasteiger partial charge in [-0.25, -0.2) is 4.79 Å². The minimum absolute atomic E-state index is 0.00413. The van der Waals surface area contributed by atoms with Crippen LogP contribution in [-0.2, 0) is 18.4 Å². The third-order valence-electron chi connectivity index (χ3n) is 5.30. The highest BCUT2D eigenvalue weighted by Gasteiger charge is 2.50. The number of hydrogen-bond donors (Lipinski definition) is 1. The number of nitrogens with one attached hydrogen (secondary N) is 1. The molecule has 28 heavy (non-hydrogen) atoms. The standard InChI is InChI=1S/C18H22N6O3S/c1-4-7-18(8-5-2)15(26)23(17(27)19-18)10-12-20-21-16-22(3)14(25)13-11(24(12)16)6-9-28-13/h6,9H,4-5,7-8,10H2,1-3H3,(H,19,27). The molecular formula is C18H22N6O3S. The Morgan fingerprint density at radius 3 is 2.54 bits per heavy atom. The molecular weight excluding hydrogens is 380 g/mol. The van der Waals surface area contributed by atoms with Crippen molar-refractivity contribution in [3.63, 3.8) is 0 Å². The van der Waals surface area contributed by atoms with Gasteiger partial charge in [0.25, 0.3) is 11.5 Å². The topological polar surface area (TPSA) is 102 Å². The van der Waals surface area contributed by atoms with Gasteiger partial charge in [0, 0.05) is 7.05 Å². The second-order valence-corrected chi connectivity index (χ2v) is 8.07. The number of imide groups is 1. The van der Waals surface area contributed by atoms with Gasteiger partial charge < -0.3 is 5.32 Å². The minimum atomic E-state index is -0.842. The first-order chi connectivity index (χ1) is 13.4. The van der Waals surface area contributed by atoms with Crippen LogP contribution in [0.5, 0.6) is 0 Å². The lowest BCUT2D eigenvalue weighted by atomic mass is 9.88. The van der Waals surface area contributed by atoms with Gasteiger partial charge in [0.1, 0.15) is 10.2 Å². The van der Waals surface area contributed by atoms with Gasteiger partial charge in [-0.15, -0.1) is 21.5 Å². The fourth-order valence-corrected chi connectivity index (χ4v) is 4.88. The van der Waals surface area contributed by atoms with Crippen LogP contribution in [0.1, 0.15) is 45.4 Å². The van der Waals surface area contributed by atoms with E-state index in [4.69, 9.17) is 0 Å². The predicted molar refractivity (Wildman–Crippen MR) is 105 cm³/mol. The van der Waals surface area contributed by atoms with Crippen LogP contribution in [0.2, 0.25) is 0 Å². The maximum absolute atomic E-state index is 13.1. The first-order valence-corrected chi connectivity index (χ1v) is 10.3. The summed E-state index contributed by atoms with van der Waals surface area (Å²) < 4.78 is 3.76. The van der Waals surface area contributed by atoms with E-state index in [0.717, 1.165) is 12.8 Å². The second kappa shape index (κ2) is 6.69. The summed E-state index contributed by atoms with van der Waals surface area (Å²) in [6.07, 6.45) is 2.80. The first kappa shape index (κ1) is 18.6. The predicted octanol–water partition coefficient (Wildman–Crippen LogP) is 2.03. The van der Waals surface area contributed by atoms with Gasteiger partial charge >= 0.3 is 6.03 Å². The Kier molecular flexibility index (Phi) is 4.45. The van der Waals surface area contributed by atoms with Gasteiger partial charge in [-0.3, -0.25) is 23.5 Å². The molecule has 148 valence electrons. The van der Waals surface area contributed by atoms with E-state index in [1.54, 1.807) is 11.4 Å². The van der Waals surface area contributed by atoms with Crippen LogP contribution >= 0.6 is 11.3 Å². The van der Waals surface area contributed by atoms with E-state index in [0.29, 0.717) is 34.7 Å². The SMILES string of the molecule is CCCC1(CCC)NC(=O)N(Cc2nnc3n(C)c(=O)c4sccc4n23)C1=O. The molecule has 1 aliphatic heterocycles. The first-order valence-electron chi connectivity index (χ1n) is 9.37. The van der Waals surface area contributed by atoms with Crippen molar-refractivity contribution in [3.05, 3.63) is 27.6 Å². The fourth-order valence-electron chi connectivity index (χ4n) is 4.03. The largest absolute Gasteiger partial charge is 0.325 e. The molecule has 0 aliphatic carbocycles. The highest BCUT2D eigenvalue weighted by atomic mass is 32.1. The summed E-state index contributed by atoms with van der Waals surface area (Å²) in [7, 11) is 1.64. The van der Waals surface area contributed by atoms with E-state index < -0.39 is 11.6 Å². The number of aryl methyl sites for hydroxylation is 1. The van der Waals surface area contributed by atoms with E-state index in [1.165, 1.54) is 20.8 Å². The quantitative estimate of drug-likeness (QED) is 0.636. The zero-order valence-electron chi connectivity index (χ0n) is 16.1. The van der Waals surface area contributed by atoms with Gasteiger partial charge in [0.05, 0.1) is 12.1 Å². The molecule has 3 aromatic heterocycles. The molecule has 9 nitrogen and oxygen atoms in total. The molecule has 3 aromatic rings. The van der Waals surface area contributed by atoms with Gasteiger partial charge in [-0.2, -0.15) is 0 Å². The summed E-state index contributed by atoms with van der Waals surface area (Å²) in [6.45, 7) is 4.00. The lowest BCUT2D eigenvalue weighted by molar-refractivity contribution is -0.132. The van der Waals surface area contributed by atoms with Crippen LogP contribution in [-0.4, -0.2) is 41.5 Å². The van der Waals surface area contributed by atoms with Gasteiger partial charge in [0.15, 0.2) is 5.82 Å². The zero-order valence-corrected chi connectivity index (χ0v) is 16.9. The highest BCUT2D eigenvalue weighted by molar-refractivity contribution is 7.17. The summed E-state index contributed by atoms with van der Waals surface area (Å²) in [4.78, 5) is 39.4. The molecule has 1 aliphatic rings. The average Bonchev–Trinajstić information content (AvgIpc) is 3.34. The molecule has 1 N–H and O–H groups in total. The second-order valence-electron chi connectivity index (χ2n) is 7.15. The monoisotopic (exact) mass is 402 g/mol. The highest BCUT2D eigenvalue weighted by Crippen LogP contribution is 2.29. The van der Waals surface area contributed by atoms with Crippen molar-refractivity contribution >= 4 is 39.3 Å². The number of aromatic nitrogens is 4. The molecule has 3 amide bonds. The molecule has 4 heterocycles. The van der Waals surface area contributed by atoms with Crippen LogP contribution in [0.3, 0.4) is 0 Å². The fraction of sp³-hybridized carbons (Fsp3) is 0.500. The molecule has 0 aromatic carbocycles. The Balaban J connectivity index is 1.78. The normalized spacial score (nSPS) is 16.5. The van der Waals surface area contributed by atoms with Crippen molar-refractivity contribution in [1.29, 1.82) is 0 Å². The molecule has 0 saturated carbocycles. The molecule has 0 radical (unpaired) electrons. The number of nitrogens with zero attached hydrogens (tertiary/aromatic N) is 5. The number of amides is 3. The average molecular weight is 402 g/mol. The summed E-state index contributed by atoms with van der Waals surface area (Å²) in [5.41, 5.74) is -0.300. The molecule has 4 rings (SSSR count). The van der Waals surface area contributed by atoms with Crippen LogP contribution < -0.4 is 10.9 Å².